The van der Waals surface area contributed by atoms with E-state index in [9.17, 15) is 4.79 Å². The van der Waals surface area contributed by atoms with Crippen molar-refractivity contribution in [3.63, 3.8) is 0 Å². The fraction of sp³-hybridized carbons (Fsp3) is 0.588. The largest absolute Gasteiger partial charge is 0.353 e. The highest BCUT2D eigenvalue weighted by molar-refractivity contribution is 5.84. The van der Waals surface area contributed by atoms with Crippen molar-refractivity contribution in [2.75, 3.05) is 19.6 Å². The highest BCUT2D eigenvalue weighted by atomic mass is 16.2. The number of hydrogen-bond acceptors (Lipinski definition) is 3. The molecule has 2 aliphatic rings. The van der Waals surface area contributed by atoms with Gasteiger partial charge in [-0.15, -0.1) is 0 Å². The molecule has 1 aliphatic carbocycles. The van der Waals surface area contributed by atoms with Crippen LogP contribution in [-0.2, 0) is 4.79 Å². The van der Waals surface area contributed by atoms with Crippen LogP contribution < -0.4 is 11.1 Å². The molecule has 4 heteroatoms. The van der Waals surface area contributed by atoms with Crippen LogP contribution in [0.3, 0.4) is 0 Å². The number of nitrogens with zero attached hydrogens (tertiary/aromatic N) is 1. The lowest BCUT2D eigenvalue weighted by atomic mass is 9.97. The van der Waals surface area contributed by atoms with Crippen molar-refractivity contribution in [1.82, 2.24) is 10.2 Å². The van der Waals surface area contributed by atoms with Crippen LogP contribution >= 0.6 is 0 Å². The number of likely N-dealkylation sites (tertiary alicyclic amines) is 1. The molecule has 1 amide bonds. The van der Waals surface area contributed by atoms with Gasteiger partial charge in [-0.3, -0.25) is 4.79 Å². The van der Waals surface area contributed by atoms with Crippen molar-refractivity contribution in [2.24, 2.45) is 5.73 Å². The van der Waals surface area contributed by atoms with Crippen molar-refractivity contribution >= 4 is 5.91 Å². The minimum absolute atomic E-state index is 0.0774. The predicted octanol–water partition coefficient (Wildman–Crippen LogP) is 1.47. The van der Waals surface area contributed by atoms with Gasteiger partial charge in [0.25, 0.3) is 0 Å². The Hall–Kier alpha value is -1.39. The molecule has 1 aromatic carbocycles. The molecule has 0 aromatic heterocycles. The van der Waals surface area contributed by atoms with Crippen LogP contribution in [0.4, 0.5) is 0 Å². The topological polar surface area (TPSA) is 58.4 Å². The van der Waals surface area contributed by atoms with Gasteiger partial charge < -0.3 is 16.0 Å². The van der Waals surface area contributed by atoms with Crippen LogP contribution in [0.5, 0.6) is 0 Å². The van der Waals surface area contributed by atoms with Gasteiger partial charge in [0.2, 0.25) is 5.91 Å². The Morgan fingerprint density at radius 2 is 1.86 bits per heavy atom. The van der Waals surface area contributed by atoms with E-state index in [2.05, 4.69) is 10.2 Å². The molecule has 21 heavy (non-hydrogen) atoms. The van der Waals surface area contributed by atoms with Crippen molar-refractivity contribution < 1.29 is 4.79 Å². The number of carbonyl (C=O) groups excluding carboxylic acids is 1. The first-order valence-corrected chi connectivity index (χ1v) is 8.07. The van der Waals surface area contributed by atoms with Crippen LogP contribution in [0, 0.1) is 0 Å². The Morgan fingerprint density at radius 1 is 1.19 bits per heavy atom. The number of benzene rings is 1. The number of amides is 1. The summed E-state index contributed by atoms with van der Waals surface area (Å²) in [7, 11) is 0. The Labute approximate surface area is 126 Å². The molecule has 1 heterocycles. The maximum Gasteiger partial charge on any atom is 0.229 e. The molecule has 4 nitrogen and oxygen atoms in total. The molecule has 0 bridgehead atoms. The molecule has 1 unspecified atom stereocenters. The zero-order valence-electron chi connectivity index (χ0n) is 12.5. The lowest BCUT2D eigenvalue weighted by molar-refractivity contribution is -0.123. The van der Waals surface area contributed by atoms with Gasteiger partial charge in [0.05, 0.1) is 5.92 Å². The Morgan fingerprint density at radius 3 is 2.43 bits per heavy atom. The van der Waals surface area contributed by atoms with Gasteiger partial charge in [0.1, 0.15) is 0 Å². The van der Waals surface area contributed by atoms with Crippen LogP contribution in [0.2, 0.25) is 0 Å². The third-order valence-corrected chi connectivity index (χ3v) is 4.69. The van der Waals surface area contributed by atoms with Crippen molar-refractivity contribution in [3.05, 3.63) is 35.9 Å². The molecule has 1 aromatic rings. The Balaban J connectivity index is 1.53. The summed E-state index contributed by atoms with van der Waals surface area (Å²) in [6.07, 6.45) is 4.85. The van der Waals surface area contributed by atoms with E-state index >= 15 is 0 Å². The summed E-state index contributed by atoms with van der Waals surface area (Å²) in [4.78, 5) is 15.0. The van der Waals surface area contributed by atoms with E-state index in [1.807, 2.05) is 30.3 Å². The second-order valence-electron chi connectivity index (χ2n) is 6.25. The maximum atomic E-state index is 12.5. The van der Waals surface area contributed by atoms with Crippen LogP contribution in [0.15, 0.2) is 30.3 Å². The van der Waals surface area contributed by atoms with E-state index in [1.165, 1.54) is 12.8 Å². The molecule has 2 fully saturated rings. The highest BCUT2D eigenvalue weighted by Gasteiger charge is 2.32. The summed E-state index contributed by atoms with van der Waals surface area (Å²) in [5.41, 5.74) is 6.82. The van der Waals surface area contributed by atoms with Gasteiger partial charge in [-0.05, 0) is 31.2 Å². The standard InChI is InChI=1S/C17H25N3O/c18-12-16(13-4-2-1-3-5-13)17(21)19-14-8-10-20(11-9-14)15-6-7-15/h1-5,14-16H,6-12,18H2,(H,19,21). The molecule has 1 atom stereocenters. The van der Waals surface area contributed by atoms with Gasteiger partial charge in [-0.25, -0.2) is 0 Å². The number of piperidine rings is 1. The summed E-state index contributed by atoms with van der Waals surface area (Å²) < 4.78 is 0. The molecule has 0 spiro atoms. The van der Waals surface area contributed by atoms with Crippen LogP contribution in [0.25, 0.3) is 0 Å². The normalized spacial score (nSPS) is 22.0. The minimum atomic E-state index is -0.229. The third kappa shape index (κ3) is 3.63. The average Bonchev–Trinajstić information content (AvgIpc) is 3.35. The summed E-state index contributed by atoms with van der Waals surface area (Å²) in [6.45, 7) is 2.60. The van der Waals surface area contributed by atoms with Crippen molar-refractivity contribution in [3.8, 4) is 0 Å². The molecule has 114 valence electrons. The average molecular weight is 287 g/mol. The lowest BCUT2D eigenvalue weighted by Crippen LogP contribution is -2.47. The molecule has 0 radical (unpaired) electrons. The summed E-state index contributed by atoms with van der Waals surface area (Å²) >= 11 is 0. The smallest absolute Gasteiger partial charge is 0.229 e. The molecule has 1 aliphatic heterocycles. The third-order valence-electron chi connectivity index (χ3n) is 4.69. The quantitative estimate of drug-likeness (QED) is 0.862. The maximum absolute atomic E-state index is 12.5. The van der Waals surface area contributed by atoms with E-state index in [4.69, 9.17) is 5.73 Å². The summed E-state index contributed by atoms with van der Waals surface area (Å²) in [5, 5.41) is 3.20. The Kier molecular flexibility index (Phi) is 4.56. The minimum Gasteiger partial charge on any atom is -0.353 e. The number of hydrogen-bond donors (Lipinski definition) is 2. The number of carbonyl (C=O) groups is 1. The zero-order valence-corrected chi connectivity index (χ0v) is 12.5. The predicted molar refractivity (Wildman–Crippen MR) is 84.0 cm³/mol. The molecular weight excluding hydrogens is 262 g/mol. The number of nitrogens with two attached hydrogens (primary N) is 1. The SMILES string of the molecule is NCC(C(=O)NC1CCN(C2CC2)CC1)c1ccccc1. The molecular formula is C17H25N3O. The second-order valence-corrected chi connectivity index (χ2v) is 6.25. The van der Waals surface area contributed by atoms with Crippen molar-refractivity contribution in [2.45, 2.75) is 43.7 Å². The molecule has 1 saturated carbocycles. The first kappa shape index (κ1) is 14.5. The lowest BCUT2D eigenvalue weighted by Gasteiger charge is -2.33. The Bertz CT molecular complexity index is 464. The number of nitrogens with one attached hydrogen (secondary N) is 1. The second kappa shape index (κ2) is 6.58. The van der Waals surface area contributed by atoms with Crippen LogP contribution in [-0.4, -0.2) is 42.5 Å². The van der Waals surface area contributed by atoms with Gasteiger partial charge in [0.15, 0.2) is 0 Å². The van der Waals surface area contributed by atoms with Gasteiger partial charge in [-0.2, -0.15) is 0 Å². The summed E-state index contributed by atoms with van der Waals surface area (Å²) in [6, 6.07) is 11.0. The first-order valence-electron chi connectivity index (χ1n) is 8.07. The first-order chi connectivity index (χ1) is 10.3. The fourth-order valence-corrected chi connectivity index (χ4v) is 3.23. The molecule has 1 saturated heterocycles. The monoisotopic (exact) mass is 287 g/mol. The molecule has 3 rings (SSSR count). The zero-order chi connectivity index (χ0) is 14.7. The van der Waals surface area contributed by atoms with E-state index in [0.717, 1.165) is 37.5 Å². The van der Waals surface area contributed by atoms with Crippen molar-refractivity contribution in [1.29, 1.82) is 0 Å². The van der Waals surface area contributed by atoms with E-state index in [0.29, 0.717) is 12.6 Å². The van der Waals surface area contributed by atoms with Gasteiger partial charge >= 0.3 is 0 Å². The van der Waals surface area contributed by atoms with E-state index in [-0.39, 0.29) is 11.8 Å². The fourth-order valence-electron chi connectivity index (χ4n) is 3.23. The molecule has 3 N–H and O–H groups in total. The summed E-state index contributed by atoms with van der Waals surface area (Å²) in [5.74, 6) is -0.152. The van der Waals surface area contributed by atoms with E-state index < -0.39 is 0 Å². The van der Waals surface area contributed by atoms with E-state index in [1.54, 1.807) is 0 Å². The number of rotatable bonds is 5. The van der Waals surface area contributed by atoms with Gasteiger partial charge in [-0.1, -0.05) is 30.3 Å². The highest BCUT2D eigenvalue weighted by Crippen LogP contribution is 2.29. The van der Waals surface area contributed by atoms with Gasteiger partial charge in [0, 0.05) is 31.7 Å². The van der Waals surface area contributed by atoms with Crippen LogP contribution in [0.1, 0.15) is 37.2 Å².